The molecule has 0 aromatic heterocycles. The van der Waals surface area contributed by atoms with Gasteiger partial charge >= 0.3 is 0 Å². The van der Waals surface area contributed by atoms with Crippen LogP contribution in [0, 0.1) is 11.7 Å². The number of piperazine rings is 1. The highest BCUT2D eigenvalue weighted by molar-refractivity contribution is 7.89. The van der Waals surface area contributed by atoms with Gasteiger partial charge in [-0.25, -0.2) is 25.9 Å². The van der Waals surface area contributed by atoms with Crippen LogP contribution in [0.1, 0.15) is 13.3 Å². The number of methoxy groups -OCH3 is 1. The average Bonchev–Trinajstić information content (AvgIpc) is 2.86. The Morgan fingerprint density at radius 1 is 1.03 bits per heavy atom. The molecule has 0 aliphatic carbocycles. The molecule has 200 valence electrons. The van der Waals surface area contributed by atoms with Crippen molar-refractivity contribution in [1.29, 1.82) is 0 Å². The minimum atomic E-state index is -3.68. The van der Waals surface area contributed by atoms with Crippen molar-refractivity contribution in [3.8, 4) is 5.75 Å². The van der Waals surface area contributed by atoms with Gasteiger partial charge in [0.05, 0.1) is 23.4 Å². The minimum Gasteiger partial charge on any atom is -0.494 e. The molecule has 2 aromatic rings. The predicted octanol–water partition coefficient (Wildman–Crippen LogP) is 2.36. The van der Waals surface area contributed by atoms with E-state index < -0.39 is 25.9 Å². The molecule has 0 radical (unpaired) electrons. The molecule has 36 heavy (non-hydrogen) atoms. The molecule has 1 fully saturated rings. The quantitative estimate of drug-likeness (QED) is 0.465. The summed E-state index contributed by atoms with van der Waals surface area (Å²) >= 11 is 0. The topological polar surface area (TPSA) is 99.3 Å². The molecule has 1 aliphatic rings. The number of hydrogen-bond donors (Lipinski definition) is 1. The summed E-state index contributed by atoms with van der Waals surface area (Å²) in [6.07, 6.45) is 0.330. The number of nitrogens with zero attached hydrogens (tertiary/aromatic N) is 3. The maximum Gasteiger partial charge on any atom is 0.240 e. The Hall–Kier alpha value is -2.41. The Morgan fingerprint density at radius 2 is 1.67 bits per heavy atom. The third-order valence-electron chi connectivity index (χ3n) is 6.27. The normalized spacial score (nSPS) is 16.1. The van der Waals surface area contributed by atoms with Gasteiger partial charge in [-0.3, -0.25) is 0 Å². The van der Waals surface area contributed by atoms with Crippen molar-refractivity contribution < 1.29 is 26.0 Å². The van der Waals surface area contributed by atoms with Crippen LogP contribution >= 0.6 is 0 Å². The lowest BCUT2D eigenvalue weighted by Gasteiger charge is -2.36. The van der Waals surface area contributed by atoms with E-state index in [0.29, 0.717) is 38.3 Å². The molecule has 1 aliphatic heterocycles. The maximum absolute atomic E-state index is 13.5. The van der Waals surface area contributed by atoms with E-state index in [1.165, 1.54) is 23.5 Å². The lowest BCUT2D eigenvalue weighted by Crippen LogP contribution is -2.49. The van der Waals surface area contributed by atoms with E-state index in [1.54, 1.807) is 30.3 Å². The summed E-state index contributed by atoms with van der Waals surface area (Å²) in [4.78, 5) is 4.03. The van der Waals surface area contributed by atoms with E-state index in [2.05, 4.69) is 4.72 Å². The molecular weight excluding hydrogens is 507 g/mol. The van der Waals surface area contributed by atoms with Crippen LogP contribution < -0.4 is 19.3 Å². The van der Waals surface area contributed by atoms with Gasteiger partial charge in [-0.05, 0) is 48.7 Å². The number of ether oxygens (including phenoxy) is 1. The zero-order valence-electron chi connectivity index (χ0n) is 21.1. The smallest absolute Gasteiger partial charge is 0.240 e. The Labute approximate surface area is 213 Å². The fourth-order valence-corrected chi connectivity index (χ4v) is 6.80. The van der Waals surface area contributed by atoms with E-state index in [9.17, 15) is 21.2 Å². The number of rotatable bonds is 11. The first-order valence-corrected chi connectivity index (χ1v) is 14.9. The number of sulfonamides is 2. The Balaban J connectivity index is 1.49. The fraction of sp³-hybridized carbons (Fsp3) is 0.500. The van der Waals surface area contributed by atoms with Crippen molar-refractivity contribution in [2.75, 3.05) is 69.5 Å². The van der Waals surface area contributed by atoms with Crippen LogP contribution in [0.25, 0.3) is 0 Å². The van der Waals surface area contributed by atoms with Crippen molar-refractivity contribution in [1.82, 2.24) is 9.03 Å². The highest BCUT2D eigenvalue weighted by atomic mass is 32.2. The van der Waals surface area contributed by atoms with Crippen molar-refractivity contribution >= 4 is 31.4 Å². The zero-order chi connectivity index (χ0) is 26.5. The second kappa shape index (κ2) is 11.8. The molecule has 1 atom stereocenters. The van der Waals surface area contributed by atoms with Crippen LogP contribution in [-0.2, 0) is 20.0 Å². The van der Waals surface area contributed by atoms with Gasteiger partial charge in [0.2, 0.25) is 20.0 Å². The predicted molar refractivity (Wildman–Crippen MR) is 140 cm³/mol. The van der Waals surface area contributed by atoms with Crippen LogP contribution in [0.15, 0.2) is 47.4 Å². The monoisotopic (exact) mass is 542 g/mol. The summed E-state index contributed by atoms with van der Waals surface area (Å²) in [6.45, 7) is 3.52. The van der Waals surface area contributed by atoms with Gasteiger partial charge in [-0.15, -0.1) is 0 Å². The zero-order valence-corrected chi connectivity index (χ0v) is 22.8. The number of halogens is 1. The molecule has 0 unspecified atom stereocenters. The molecule has 1 heterocycles. The SMILES string of the molecule is COc1cc(F)ccc1N1CCN(S(=O)(=O)CC[C@@H](C)CNS(=O)(=O)c2ccc(N(C)C)cc2)CC1. The number of benzene rings is 2. The summed E-state index contributed by atoms with van der Waals surface area (Å²) in [7, 11) is -1.95. The lowest BCUT2D eigenvalue weighted by molar-refractivity contribution is 0.375. The molecule has 1 saturated heterocycles. The molecule has 12 heteroatoms. The van der Waals surface area contributed by atoms with Crippen molar-refractivity contribution in [2.45, 2.75) is 18.2 Å². The summed E-state index contributed by atoms with van der Waals surface area (Å²) < 4.78 is 73.8. The van der Waals surface area contributed by atoms with Gasteiger partial charge in [0.1, 0.15) is 11.6 Å². The Bertz CT molecular complexity index is 1230. The molecular formula is C24H35FN4O5S2. The molecule has 0 amide bonds. The standard InChI is InChI=1S/C24H35FN4O5S2/c1-19(18-26-36(32,33)22-8-6-21(7-9-22)27(2)3)11-16-35(30,31)29-14-12-28(13-15-29)23-10-5-20(25)17-24(23)34-4/h5-10,17,19,26H,11-16,18H2,1-4H3/t19-/m1/s1. The van der Waals surface area contributed by atoms with E-state index in [0.717, 1.165) is 11.4 Å². The first-order valence-electron chi connectivity index (χ1n) is 11.8. The van der Waals surface area contributed by atoms with Crippen LogP contribution in [0.3, 0.4) is 0 Å². The molecule has 0 spiro atoms. The fourth-order valence-electron chi connectivity index (χ4n) is 3.96. The van der Waals surface area contributed by atoms with Crippen molar-refractivity contribution in [2.24, 2.45) is 5.92 Å². The van der Waals surface area contributed by atoms with E-state index in [-0.39, 0.29) is 23.1 Å². The molecule has 0 bridgehead atoms. The van der Waals surface area contributed by atoms with Crippen LogP contribution in [-0.4, -0.2) is 80.8 Å². The second-order valence-electron chi connectivity index (χ2n) is 9.15. The second-order valence-corrected chi connectivity index (χ2v) is 13.0. The summed E-state index contributed by atoms with van der Waals surface area (Å²) in [5.74, 6) is -0.208. The van der Waals surface area contributed by atoms with Gasteiger partial charge < -0.3 is 14.5 Å². The molecule has 3 rings (SSSR count). The number of anilines is 2. The first-order chi connectivity index (χ1) is 16.9. The van der Waals surface area contributed by atoms with E-state index >= 15 is 0 Å². The first kappa shape index (κ1) is 28.2. The van der Waals surface area contributed by atoms with E-state index in [1.807, 2.05) is 30.8 Å². The Kier molecular flexibility index (Phi) is 9.20. The summed E-state index contributed by atoms with van der Waals surface area (Å²) in [5.41, 5.74) is 1.62. The van der Waals surface area contributed by atoms with Crippen LogP contribution in [0.5, 0.6) is 5.75 Å². The van der Waals surface area contributed by atoms with Crippen LogP contribution in [0.4, 0.5) is 15.8 Å². The minimum absolute atomic E-state index is 0.0622. The van der Waals surface area contributed by atoms with E-state index in [4.69, 9.17) is 4.74 Å². The van der Waals surface area contributed by atoms with Gasteiger partial charge in [0, 0.05) is 58.6 Å². The summed E-state index contributed by atoms with van der Waals surface area (Å²) in [6, 6.07) is 10.9. The van der Waals surface area contributed by atoms with Gasteiger partial charge in [-0.1, -0.05) is 6.92 Å². The molecule has 2 aromatic carbocycles. The van der Waals surface area contributed by atoms with Crippen molar-refractivity contribution in [3.63, 3.8) is 0 Å². The van der Waals surface area contributed by atoms with Gasteiger partial charge in [-0.2, -0.15) is 4.31 Å². The highest BCUT2D eigenvalue weighted by Crippen LogP contribution is 2.30. The third kappa shape index (κ3) is 7.09. The number of hydrogen-bond acceptors (Lipinski definition) is 7. The van der Waals surface area contributed by atoms with Crippen molar-refractivity contribution in [3.05, 3.63) is 48.3 Å². The third-order valence-corrected chi connectivity index (χ3v) is 9.61. The van der Waals surface area contributed by atoms with Gasteiger partial charge in [0.25, 0.3) is 0 Å². The summed E-state index contributed by atoms with van der Waals surface area (Å²) in [5, 5.41) is 0. The molecule has 9 nitrogen and oxygen atoms in total. The van der Waals surface area contributed by atoms with Crippen LogP contribution in [0.2, 0.25) is 0 Å². The molecule has 0 saturated carbocycles. The molecule has 1 N–H and O–H groups in total. The number of nitrogens with one attached hydrogen (secondary N) is 1. The Morgan fingerprint density at radius 3 is 2.25 bits per heavy atom. The lowest BCUT2D eigenvalue weighted by atomic mass is 10.1. The highest BCUT2D eigenvalue weighted by Gasteiger charge is 2.28. The largest absolute Gasteiger partial charge is 0.494 e. The van der Waals surface area contributed by atoms with Gasteiger partial charge in [0.15, 0.2) is 0 Å². The maximum atomic E-state index is 13.5. The average molecular weight is 543 g/mol.